The minimum atomic E-state index is 0.826. The zero-order valence-corrected chi connectivity index (χ0v) is 10.8. The van der Waals surface area contributed by atoms with E-state index in [1.54, 1.807) is 0 Å². The number of nitrogens with zero attached hydrogens (tertiary/aromatic N) is 2. The summed E-state index contributed by atoms with van der Waals surface area (Å²) in [5, 5.41) is 8.65. The Morgan fingerprint density at radius 3 is 3.25 bits per heavy atom. The van der Waals surface area contributed by atoms with Crippen LogP contribution < -0.4 is 5.32 Å². The van der Waals surface area contributed by atoms with Gasteiger partial charge in [0.05, 0.1) is 5.69 Å². The molecule has 1 aromatic rings. The maximum Gasteiger partial charge on any atom is 0.0521 e. The van der Waals surface area contributed by atoms with E-state index in [-0.39, 0.29) is 0 Å². The average molecular weight is 239 g/mol. The third kappa shape index (κ3) is 3.25. The van der Waals surface area contributed by atoms with Crippen LogP contribution in [0.2, 0.25) is 0 Å². The first-order valence-electron chi connectivity index (χ1n) is 6.23. The lowest BCUT2D eigenvalue weighted by atomic mass is 10.2. The molecule has 2 heterocycles. The van der Waals surface area contributed by atoms with Crippen molar-refractivity contribution < 1.29 is 0 Å². The Labute approximate surface area is 102 Å². The molecule has 0 amide bonds. The van der Waals surface area contributed by atoms with Gasteiger partial charge in [0.15, 0.2) is 0 Å². The van der Waals surface area contributed by atoms with Gasteiger partial charge in [0.1, 0.15) is 0 Å². The molecule has 1 aromatic heterocycles. The molecule has 0 aliphatic carbocycles. The summed E-state index contributed by atoms with van der Waals surface area (Å²) < 4.78 is 2.06. The standard InChI is InChI=1S/C12H21N3S/c1-2-15-11(6-7-14-15)9-13-10-12-5-3-4-8-16-12/h6-7,12-13H,2-5,8-10H2,1H3. The fourth-order valence-electron chi connectivity index (χ4n) is 2.12. The highest BCUT2D eigenvalue weighted by Gasteiger charge is 2.13. The number of aryl methyl sites for hydroxylation is 1. The highest BCUT2D eigenvalue weighted by molar-refractivity contribution is 7.99. The molecule has 0 saturated carbocycles. The van der Waals surface area contributed by atoms with Gasteiger partial charge in [-0.05, 0) is 31.6 Å². The van der Waals surface area contributed by atoms with Gasteiger partial charge in [-0.3, -0.25) is 4.68 Å². The highest BCUT2D eigenvalue weighted by atomic mass is 32.2. The van der Waals surface area contributed by atoms with E-state index in [1.165, 1.54) is 30.7 Å². The number of thioether (sulfide) groups is 1. The molecule has 16 heavy (non-hydrogen) atoms. The molecule has 3 nitrogen and oxygen atoms in total. The lowest BCUT2D eigenvalue weighted by Gasteiger charge is -2.21. The van der Waals surface area contributed by atoms with E-state index in [1.807, 2.05) is 6.20 Å². The Bertz CT molecular complexity index is 305. The van der Waals surface area contributed by atoms with Gasteiger partial charge in [0.2, 0.25) is 0 Å². The first kappa shape index (κ1) is 12.0. The molecule has 0 aromatic carbocycles. The Hall–Kier alpha value is -0.480. The zero-order chi connectivity index (χ0) is 11.2. The molecule has 2 rings (SSSR count). The van der Waals surface area contributed by atoms with Crippen LogP contribution in [0.15, 0.2) is 12.3 Å². The van der Waals surface area contributed by atoms with Gasteiger partial charge >= 0.3 is 0 Å². The summed E-state index contributed by atoms with van der Waals surface area (Å²) in [6.07, 6.45) is 6.08. The van der Waals surface area contributed by atoms with E-state index in [9.17, 15) is 0 Å². The molecule has 1 saturated heterocycles. The SMILES string of the molecule is CCn1nccc1CNCC1CCCCS1. The number of hydrogen-bond donors (Lipinski definition) is 1. The van der Waals surface area contributed by atoms with Crippen molar-refractivity contribution in [3.05, 3.63) is 18.0 Å². The maximum atomic E-state index is 4.27. The Balaban J connectivity index is 1.71. The van der Waals surface area contributed by atoms with Gasteiger partial charge < -0.3 is 5.32 Å². The van der Waals surface area contributed by atoms with Crippen LogP contribution in [0.5, 0.6) is 0 Å². The molecule has 0 spiro atoms. The van der Waals surface area contributed by atoms with Crippen molar-refractivity contribution in [1.29, 1.82) is 0 Å². The van der Waals surface area contributed by atoms with Crippen molar-refractivity contribution in [2.45, 2.75) is 44.5 Å². The van der Waals surface area contributed by atoms with Crippen LogP contribution in [0.25, 0.3) is 0 Å². The van der Waals surface area contributed by atoms with Gasteiger partial charge in [-0.2, -0.15) is 16.9 Å². The fraction of sp³-hybridized carbons (Fsp3) is 0.750. The summed E-state index contributed by atoms with van der Waals surface area (Å²) >= 11 is 2.13. The molecule has 90 valence electrons. The summed E-state index contributed by atoms with van der Waals surface area (Å²) in [4.78, 5) is 0. The number of rotatable bonds is 5. The smallest absolute Gasteiger partial charge is 0.0521 e. The summed E-state index contributed by atoms with van der Waals surface area (Å²) in [6.45, 7) is 5.18. The van der Waals surface area contributed by atoms with Crippen LogP contribution in [0, 0.1) is 0 Å². The van der Waals surface area contributed by atoms with Crippen LogP contribution in [-0.4, -0.2) is 27.3 Å². The molecule has 0 radical (unpaired) electrons. The molecule has 1 unspecified atom stereocenters. The van der Waals surface area contributed by atoms with Crippen LogP contribution in [0.1, 0.15) is 31.9 Å². The minimum Gasteiger partial charge on any atom is -0.310 e. The van der Waals surface area contributed by atoms with Gasteiger partial charge in [-0.25, -0.2) is 0 Å². The van der Waals surface area contributed by atoms with Crippen molar-refractivity contribution in [2.24, 2.45) is 0 Å². The van der Waals surface area contributed by atoms with Crippen molar-refractivity contribution in [2.75, 3.05) is 12.3 Å². The Morgan fingerprint density at radius 2 is 2.50 bits per heavy atom. The molecule has 4 heteroatoms. The normalized spacial score (nSPS) is 21.2. The lowest BCUT2D eigenvalue weighted by Crippen LogP contribution is -2.27. The fourth-order valence-corrected chi connectivity index (χ4v) is 3.40. The average Bonchev–Trinajstić information content (AvgIpc) is 2.78. The molecule has 1 aliphatic heterocycles. The van der Waals surface area contributed by atoms with Gasteiger partial charge in [0, 0.05) is 31.1 Å². The van der Waals surface area contributed by atoms with Crippen LogP contribution >= 0.6 is 11.8 Å². The monoisotopic (exact) mass is 239 g/mol. The zero-order valence-electron chi connectivity index (χ0n) is 9.98. The lowest BCUT2D eigenvalue weighted by molar-refractivity contribution is 0.559. The second kappa shape index (κ2) is 6.30. The summed E-state index contributed by atoms with van der Waals surface area (Å²) in [6, 6.07) is 2.10. The van der Waals surface area contributed by atoms with E-state index in [0.29, 0.717) is 0 Å². The predicted octanol–water partition coefficient (Wildman–Crippen LogP) is 2.28. The van der Waals surface area contributed by atoms with Crippen LogP contribution in [-0.2, 0) is 13.1 Å². The summed E-state index contributed by atoms with van der Waals surface area (Å²) in [7, 11) is 0. The Kier molecular flexibility index (Phi) is 4.72. The molecule has 1 aliphatic rings. The maximum absolute atomic E-state index is 4.27. The molecular weight excluding hydrogens is 218 g/mol. The van der Waals surface area contributed by atoms with Gasteiger partial charge in [-0.1, -0.05) is 6.42 Å². The summed E-state index contributed by atoms with van der Waals surface area (Å²) in [5.74, 6) is 1.35. The predicted molar refractivity (Wildman–Crippen MR) is 69.7 cm³/mol. The van der Waals surface area contributed by atoms with Crippen molar-refractivity contribution >= 4 is 11.8 Å². The first-order chi connectivity index (χ1) is 7.90. The largest absolute Gasteiger partial charge is 0.310 e. The van der Waals surface area contributed by atoms with Crippen molar-refractivity contribution in [3.63, 3.8) is 0 Å². The minimum absolute atomic E-state index is 0.826. The third-order valence-electron chi connectivity index (χ3n) is 3.06. The third-order valence-corrected chi connectivity index (χ3v) is 4.45. The second-order valence-electron chi connectivity index (χ2n) is 4.26. The van der Waals surface area contributed by atoms with E-state index < -0.39 is 0 Å². The first-order valence-corrected chi connectivity index (χ1v) is 7.28. The topological polar surface area (TPSA) is 29.9 Å². The van der Waals surface area contributed by atoms with E-state index >= 15 is 0 Å². The second-order valence-corrected chi connectivity index (χ2v) is 5.67. The van der Waals surface area contributed by atoms with E-state index in [2.05, 4.69) is 39.8 Å². The van der Waals surface area contributed by atoms with E-state index in [4.69, 9.17) is 0 Å². The Morgan fingerprint density at radius 1 is 1.56 bits per heavy atom. The van der Waals surface area contributed by atoms with E-state index in [0.717, 1.165) is 24.9 Å². The number of nitrogens with one attached hydrogen (secondary N) is 1. The molecule has 1 fully saturated rings. The summed E-state index contributed by atoms with van der Waals surface area (Å²) in [5.41, 5.74) is 1.29. The molecular formula is C12H21N3S. The number of hydrogen-bond acceptors (Lipinski definition) is 3. The molecule has 0 bridgehead atoms. The van der Waals surface area contributed by atoms with Gasteiger partial charge in [-0.15, -0.1) is 0 Å². The quantitative estimate of drug-likeness (QED) is 0.855. The van der Waals surface area contributed by atoms with Crippen molar-refractivity contribution in [3.8, 4) is 0 Å². The van der Waals surface area contributed by atoms with Crippen molar-refractivity contribution in [1.82, 2.24) is 15.1 Å². The number of aromatic nitrogens is 2. The molecule has 1 atom stereocenters. The molecule has 1 N–H and O–H groups in total. The van der Waals surface area contributed by atoms with Crippen LogP contribution in [0.4, 0.5) is 0 Å². The van der Waals surface area contributed by atoms with Gasteiger partial charge in [0.25, 0.3) is 0 Å². The highest BCUT2D eigenvalue weighted by Crippen LogP contribution is 2.24. The van der Waals surface area contributed by atoms with Crippen LogP contribution in [0.3, 0.4) is 0 Å².